The van der Waals surface area contributed by atoms with Gasteiger partial charge in [-0.3, -0.25) is 9.59 Å². The predicted molar refractivity (Wildman–Crippen MR) is 51.4 cm³/mol. The molecule has 1 fully saturated rings. The van der Waals surface area contributed by atoms with Crippen molar-refractivity contribution in [1.29, 1.82) is 0 Å². The van der Waals surface area contributed by atoms with E-state index in [1.165, 1.54) is 11.8 Å². The van der Waals surface area contributed by atoms with Gasteiger partial charge in [-0.1, -0.05) is 11.8 Å². The lowest BCUT2D eigenvalue weighted by Crippen LogP contribution is -2.08. The number of esters is 1. The first-order valence-corrected chi connectivity index (χ1v) is 5.43. The van der Waals surface area contributed by atoms with Crippen molar-refractivity contribution >= 4 is 22.8 Å². The Morgan fingerprint density at radius 2 is 2.23 bits per heavy atom. The number of thioether (sulfide) groups is 1. The second-order valence-electron chi connectivity index (χ2n) is 3.16. The molecule has 2 atom stereocenters. The van der Waals surface area contributed by atoms with Crippen molar-refractivity contribution in [1.82, 2.24) is 0 Å². The SMILES string of the molecule is CCOC(=O)[C@H]1C[C@H]1CSC(C)=O. The summed E-state index contributed by atoms with van der Waals surface area (Å²) < 4.78 is 4.87. The van der Waals surface area contributed by atoms with E-state index in [-0.39, 0.29) is 17.0 Å². The molecule has 0 bridgehead atoms. The van der Waals surface area contributed by atoms with Crippen LogP contribution in [0.4, 0.5) is 0 Å². The van der Waals surface area contributed by atoms with Crippen LogP contribution in [0.2, 0.25) is 0 Å². The van der Waals surface area contributed by atoms with Crippen molar-refractivity contribution in [3.8, 4) is 0 Å². The van der Waals surface area contributed by atoms with Gasteiger partial charge < -0.3 is 4.74 Å². The highest BCUT2D eigenvalue weighted by Gasteiger charge is 2.43. The van der Waals surface area contributed by atoms with Crippen LogP contribution >= 0.6 is 11.8 Å². The van der Waals surface area contributed by atoms with Crippen molar-refractivity contribution in [2.45, 2.75) is 20.3 Å². The molecule has 1 rings (SSSR count). The lowest BCUT2D eigenvalue weighted by Gasteiger charge is -1.99. The molecule has 0 spiro atoms. The molecule has 0 amide bonds. The summed E-state index contributed by atoms with van der Waals surface area (Å²) in [6.07, 6.45) is 0.888. The van der Waals surface area contributed by atoms with Crippen molar-refractivity contribution in [2.75, 3.05) is 12.4 Å². The Balaban J connectivity index is 2.15. The third kappa shape index (κ3) is 3.38. The summed E-state index contributed by atoms with van der Waals surface area (Å²) in [4.78, 5) is 21.8. The summed E-state index contributed by atoms with van der Waals surface area (Å²) in [5, 5.41) is 0.120. The first kappa shape index (κ1) is 10.6. The van der Waals surface area contributed by atoms with Crippen LogP contribution in [0.5, 0.6) is 0 Å². The van der Waals surface area contributed by atoms with Crippen molar-refractivity contribution < 1.29 is 14.3 Å². The molecule has 0 heterocycles. The van der Waals surface area contributed by atoms with Crippen LogP contribution in [0.15, 0.2) is 0 Å². The molecule has 0 unspecified atom stereocenters. The number of ether oxygens (including phenoxy) is 1. The van der Waals surface area contributed by atoms with Crippen LogP contribution in [0.1, 0.15) is 20.3 Å². The average Bonchev–Trinajstić information content (AvgIpc) is 2.80. The molecule has 1 aliphatic rings. The van der Waals surface area contributed by atoms with Gasteiger partial charge in [-0.15, -0.1) is 0 Å². The van der Waals surface area contributed by atoms with Crippen molar-refractivity contribution in [2.24, 2.45) is 11.8 Å². The molecule has 1 aliphatic carbocycles. The van der Waals surface area contributed by atoms with Gasteiger partial charge in [-0.2, -0.15) is 0 Å². The number of hydrogen-bond donors (Lipinski definition) is 0. The van der Waals surface area contributed by atoms with Crippen LogP contribution in [0.3, 0.4) is 0 Å². The van der Waals surface area contributed by atoms with Crippen LogP contribution in [-0.4, -0.2) is 23.4 Å². The summed E-state index contributed by atoms with van der Waals surface area (Å²) in [6, 6.07) is 0. The Morgan fingerprint density at radius 1 is 1.54 bits per heavy atom. The first-order valence-electron chi connectivity index (χ1n) is 4.45. The van der Waals surface area contributed by atoms with E-state index in [4.69, 9.17) is 4.74 Å². The highest BCUT2D eigenvalue weighted by molar-refractivity contribution is 8.13. The molecular formula is C9H14O3S. The minimum atomic E-state index is -0.100. The van der Waals surface area contributed by atoms with Gasteiger partial charge in [0.25, 0.3) is 0 Å². The van der Waals surface area contributed by atoms with E-state index < -0.39 is 0 Å². The average molecular weight is 202 g/mol. The van der Waals surface area contributed by atoms with Crippen LogP contribution in [0, 0.1) is 11.8 Å². The zero-order valence-corrected chi connectivity index (χ0v) is 8.73. The van der Waals surface area contributed by atoms with E-state index in [9.17, 15) is 9.59 Å². The molecule has 1 saturated carbocycles. The summed E-state index contributed by atoms with van der Waals surface area (Å²) in [6.45, 7) is 3.80. The Kier molecular flexibility index (Phi) is 3.78. The number of rotatable bonds is 4. The standard InChI is InChI=1S/C9H14O3S/c1-3-12-9(11)8-4-7(8)5-13-6(2)10/h7-8H,3-5H2,1-2H3/t7-,8-/m0/s1. The van der Waals surface area contributed by atoms with Crippen molar-refractivity contribution in [3.63, 3.8) is 0 Å². The predicted octanol–water partition coefficient (Wildman–Crippen LogP) is 1.47. The first-order chi connectivity index (χ1) is 6.15. The highest BCUT2D eigenvalue weighted by Crippen LogP contribution is 2.41. The largest absolute Gasteiger partial charge is 0.466 e. The fraction of sp³-hybridized carbons (Fsp3) is 0.778. The maximum atomic E-state index is 11.1. The van der Waals surface area contributed by atoms with Gasteiger partial charge in [0.2, 0.25) is 0 Å². The summed E-state index contributed by atoms with van der Waals surface area (Å²) in [7, 11) is 0. The molecule has 0 aromatic heterocycles. The Hall–Kier alpha value is -0.510. The van der Waals surface area contributed by atoms with E-state index >= 15 is 0 Å². The molecule has 4 heteroatoms. The quantitative estimate of drug-likeness (QED) is 0.647. The summed E-state index contributed by atoms with van der Waals surface area (Å²) in [5.74, 6) is 1.09. The Bertz CT molecular complexity index is 215. The maximum Gasteiger partial charge on any atom is 0.309 e. The van der Waals surface area contributed by atoms with E-state index in [1.807, 2.05) is 0 Å². The van der Waals surface area contributed by atoms with E-state index in [0.29, 0.717) is 12.5 Å². The van der Waals surface area contributed by atoms with Crippen LogP contribution in [0.25, 0.3) is 0 Å². The molecule has 0 N–H and O–H groups in total. The minimum Gasteiger partial charge on any atom is -0.466 e. The van der Waals surface area contributed by atoms with Crippen molar-refractivity contribution in [3.05, 3.63) is 0 Å². The zero-order valence-electron chi connectivity index (χ0n) is 7.91. The third-order valence-corrected chi connectivity index (χ3v) is 3.01. The van der Waals surface area contributed by atoms with E-state index in [2.05, 4.69) is 0 Å². The molecule has 0 aromatic rings. The van der Waals surface area contributed by atoms with Gasteiger partial charge in [0, 0.05) is 12.7 Å². The Labute approximate surface area is 82.2 Å². The molecule has 74 valence electrons. The molecular weight excluding hydrogens is 188 g/mol. The molecule has 13 heavy (non-hydrogen) atoms. The minimum absolute atomic E-state index is 0.0619. The second-order valence-corrected chi connectivity index (χ2v) is 4.35. The topological polar surface area (TPSA) is 43.4 Å². The highest BCUT2D eigenvalue weighted by atomic mass is 32.2. The molecule has 0 aliphatic heterocycles. The molecule has 3 nitrogen and oxygen atoms in total. The second kappa shape index (κ2) is 4.65. The Morgan fingerprint density at radius 3 is 2.77 bits per heavy atom. The monoisotopic (exact) mass is 202 g/mol. The van der Waals surface area contributed by atoms with Gasteiger partial charge in [0.15, 0.2) is 5.12 Å². The number of carbonyl (C=O) groups is 2. The maximum absolute atomic E-state index is 11.1. The zero-order chi connectivity index (χ0) is 9.84. The lowest BCUT2D eigenvalue weighted by atomic mass is 10.3. The molecule has 0 aromatic carbocycles. The fourth-order valence-corrected chi connectivity index (χ4v) is 2.01. The number of hydrogen-bond acceptors (Lipinski definition) is 4. The summed E-state index contributed by atoms with van der Waals surface area (Å²) >= 11 is 1.29. The summed E-state index contributed by atoms with van der Waals surface area (Å²) in [5.41, 5.74) is 0. The van der Waals surface area contributed by atoms with Gasteiger partial charge in [0.1, 0.15) is 0 Å². The normalized spacial score (nSPS) is 25.4. The van der Waals surface area contributed by atoms with E-state index in [0.717, 1.165) is 12.2 Å². The van der Waals surface area contributed by atoms with Crippen LogP contribution in [-0.2, 0) is 14.3 Å². The lowest BCUT2D eigenvalue weighted by molar-refractivity contribution is -0.145. The van der Waals surface area contributed by atoms with Crippen LogP contribution < -0.4 is 0 Å². The van der Waals surface area contributed by atoms with Gasteiger partial charge in [-0.25, -0.2) is 0 Å². The van der Waals surface area contributed by atoms with Gasteiger partial charge in [-0.05, 0) is 19.3 Å². The smallest absolute Gasteiger partial charge is 0.309 e. The molecule has 0 radical (unpaired) electrons. The molecule has 0 saturated heterocycles. The van der Waals surface area contributed by atoms with Gasteiger partial charge in [0.05, 0.1) is 12.5 Å². The fourth-order valence-electron chi connectivity index (χ4n) is 1.19. The number of carbonyl (C=O) groups excluding carboxylic acids is 2. The van der Waals surface area contributed by atoms with Gasteiger partial charge >= 0.3 is 5.97 Å². The third-order valence-electron chi connectivity index (χ3n) is 2.01. The van der Waals surface area contributed by atoms with E-state index in [1.54, 1.807) is 13.8 Å².